The number of rotatable bonds is 4. The van der Waals surface area contributed by atoms with Gasteiger partial charge in [0.25, 0.3) is 0 Å². The van der Waals surface area contributed by atoms with E-state index in [4.69, 9.17) is 15.6 Å². The van der Waals surface area contributed by atoms with Crippen molar-refractivity contribution in [1.29, 1.82) is 0 Å². The van der Waals surface area contributed by atoms with E-state index in [1.807, 2.05) is 11.8 Å². The second kappa shape index (κ2) is 5.88. The van der Waals surface area contributed by atoms with Crippen molar-refractivity contribution in [1.82, 2.24) is 4.98 Å². The number of piperidine rings is 1. The molecular weight excluding hydrogens is 246 g/mol. The molecule has 0 spiro atoms. The van der Waals surface area contributed by atoms with E-state index in [-0.39, 0.29) is 17.4 Å². The maximum absolute atomic E-state index is 11.1. The second-order valence-corrected chi connectivity index (χ2v) is 4.57. The van der Waals surface area contributed by atoms with Crippen molar-refractivity contribution >= 4 is 17.5 Å². The Morgan fingerprint density at radius 2 is 2.47 bits per heavy atom. The number of hydrogen-bond acceptors (Lipinski definition) is 5. The summed E-state index contributed by atoms with van der Waals surface area (Å²) in [5.41, 5.74) is 6.24. The zero-order chi connectivity index (χ0) is 13.8. The van der Waals surface area contributed by atoms with Gasteiger partial charge in [-0.1, -0.05) is 0 Å². The highest BCUT2D eigenvalue weighted by molar-refractivity contribution is 5.96. The first-order valence-electron chi connectivity index (χ1n) is 6.47. The summed E-state index contributed by atoms with van der Waals surface area (Å²) in [7, 11) is 0. The fourth-order valence-corrected chi connectivity index (χ4v) is 2.40. The van der Waals surface area contributed by atoms with Gasteiger partial charge in [-0.05, 0) is 25.8 Å². The first kappa shape index (κ1) is 13.6. The first-order valence-corrected chi connectivity index (χ1v) is 6.47. The van der Waals surface area contributed by atoms with Crippen molar-refractivity contribution in [2.75, 3.05) is 30.3 Å². The average molecular weight is 265 g/mol. The van der Waals surface area contributed by atoms with Gasteiger partial charge in [-0.2, -0.15) is 0 Å². The zero-order valence-electron chi connectivity index (χ0n) is 11.0. The number of aromatic carboxylic acids is 1. The number of pyridine rings is 1. The van der Waals surface area contributed by atoms with Crippen LogP contribution >= 0.6 is 0 Å². The van der Waals surface area contributed by atoms with E-state index in [2.05, 4.69) is 4.98 Å². The van der Waals surface area contributed by atoms with Crippen LogP contribution in [0.15, 0.2) is 12.3 Å². The quantitative estimate of drug-likeness (QED) is 0.854. The van der Waals surface area contributed by atoms with Gasteiger partial charge >= 0.3 is 5.97 Å². The number of hydrogen-bond donors (Lipinski definition) is 2. The lowest BCUT2D eigenvalue weighted by Crippen LogP contribution is -2.40. The number of aromatic nitrogens is 1. The molecule has 0 saturated carbocycles. The molecule has 0 aromatic carbocycles. The lowest BCUT2D eigenvalue weighted by molar-refractivity contribution is 0.0525. The number of anilines is 2. The summed E-state index contributed by atoms with van der Waals surface area (Å²) in [5, 5.41) is 9.07. The van der Waals surface area contributed by atoms with Crippen LogP contribution in [-0.4, -0.2) is 41.9 Å². The molecule has 0 aliphatic carbocycles. The SMILES string of the molecule is CCOC1CCCN(c2nccc(C(=O)O)c2N)C1. The molecule has 1 atom stereocenters. The highest BCUT2D eigenvalue weighted by Crippen LogP contribution is 2.27. The largest absolute Gasteiger partial charge is 0.478 e. The number of nitrogens with zero attached hydrogens (tertiary/aromatic N) is 2. The van der Waals surface area contributed by atoms with Gasteiger partial charge < -0.3 is 20.5 Å². The number of nitrogens with two attached hydrogens (primary N) is 1. The van der Waals surface area contributed by atoms with Gasteiger partial charge in [0.05, 0.1) is 17.4 Å². The highest BCUT2D eigenvalue weighted by atomic mass is 16.5. The molecule has 2 rings (SSSR count). The minimum atomic E-state index is -1.03. The van der Waals surface area contributed by atoms with Gasteiger partial charge in [-0.3, -0.25) is 0 Å². The van der Waals surface area contributed by atoms with Crippen LogP contribution in [0.4, 0.5) is 11.5 Å². The van der Waals surface area contributed by atoms with Gasteiger partial charge in [0.2, 0.25) is 0 Å². The van der Waals surface area contributed by atoms with Crippen molar-refractivity contribution in [3.05, 3.63) is 17.8 Å². The molecule has 0 bridgehead atoms. The van der Waals surface area contributed by atoms with E-state index >= 15 is 0 Å². The van der Waals surface area contributed by atoms with E-state index in [1.165, 1.54) is 12.3 Å². The minimum absolute atomic E-state index is 0.100. The van der Waals surface area contributed by atoms with Crippen molar-refractivity contribution < 1.29 is 14.6 Å². The fraction of sp³-hybridized carbons (Fsp3) is 0.538. The molecule has 1 aliphatic heterocycles. The Morgan fingerprint density at radius 3 is 3.16 bits per heavy atom. The Morgan fingerprint density at radius 1 is 1.68 bits per heavy atom. The Bertz CT molecular complexity index is 462. The summed E-state index contributed by atoms with van der Waals surface area (Å²) in [6.45, 7) is 4.17. The molecule has 1 aromatic heterocycles. The van der Waals surface area contributed by atoms with Crippen LogP contribution in [0, 0.1) is 0 Å². The monoisotopic (exact) mass is 265 g/mol. The molecule has 19 heavy (non-hydrogen) atoms. The summed E-state index contributed by atoms with van der Waals surface area (Å²) < 4.78 is 5.63. The molecule has 1 unspecified atom stereocenters. The number of ether oxygens (including phenoxy) is 1. The van der Waals surface area contributed by atoms with Crippen molar-refractivity contribution in [2.45, 2.75) is 25.9 Å². The van der Waals surface area contributed by atoms with E-state index in [1.54, 1.807) is 0 Å². The van der Waals surface area contributed by atoms with Gasteiger partial charge in [-0.15, -0.1) is 0 Å². The predicted molar refractivity (Wildman–Crippen MR) is 72.5 cm³/mol. The molecule has 1 aliphatic rings. The number of carbonyl (C=O) groups is 1. The third-order valence-electron chi connectivity index (χ3n) is 3.28. The Hall–Kier alpha value is -1.82. The molecular formula is C13H19N3O3. The van der Waals surface area contributed by atoms with Crippen LogP contribution in [-0.2, 0) is 4.74 Å². The maximum Gasteiger partial charge on any atom is 0.337 e. The Labute approximate surface area is 112 Å². The van der Waals surface area contributed by atoms with E-state index in [0.717, 1.165) is 19.4 Å². The van der Waals surface area contributed by atoms with Crippen LogP contribution in [0.2, 0.25) is 0 Å². The van der Waals surface area contributed by atoms with Gasteiger partial charge in [0.1, 0.15) is 0 Å². The summed E-state index contributed by atoms with van der Waals surface area (Å²) in [5.74, 6) is -0.483. The number of carboxylic acids is 1. The Balaban J connectivity index is 2.21. The van der Waals surface area contributed by atoms with Crippen LogP contribution in [0.1, 0.15) is 30.1 Å². The fourth-order valence-electron chi connectivity index (χ4n) is 2.40. The van der Waals surface area contributed by atoms with Crippen molar-refractivity contribution in [3.63, 3.8) is 0 Å². The van der Waals surface area contributed by atoms with Crippen molar-refractivity contribution in [2.24, 2.45) is 0 Å². The molecule has 6 heteroatoms. The Kier molecular flexibility index (Phi) is 4.21. The summed E-state index contributed by atoms with van der Waals surface area (Å²) in [6.07, 6.45) is 3.65. The van der Waals surface area contributed by atoms with Crippen molar-refractivity contribution in [3.8, 4) is 0 Å². The minimum Gasteiger partial charge on any atom is -0.478 e. The number of nitrogen functional groups attached to an aromatic ring is 1. The molecule has 0 radical (unpaired) electrons. The summed E-state index contributed by atoms with van der Waals surface area (Å²) >= 11 is 0. The van der Waals surface area contributed by atoms with E-state index in [0.29, 0.717) is 19.0 Å². The number of carboxylic acid groups (broad SMARTS) is 1. The predicted octanol–water partition coefficient (Wildman–Crippen LogP) is 1.37. The van der Waals surface area contributed by atoms with Crippen LogP contribution in [0.5, 0.6) is 0 Å². The average Bonchev–Trinajstić information content (AvgIpc) is 2.39. The standard InChI is InChI=1S/C13H19N3O3/c1-2-19-9-4-3-7-16(8-9)12-11(14)10(13(17)18)5-6-15-12/h5-6,9H,2-4,7-8,14H2,1H3,(H,17,18). The normalized spacial score (nSPS) is 19.4. The third-order valence-corrected chi connectivity index (χ3v) is 3.28. The van der Waals surface area contributed by atoms with E-state index < -0.39 is 5.97 Å². The lowest BCUT2D eigenvalue weighted by atomic mass is 10.1. The lowest BCUT2D eigenvalue weighted by Gasteiger charge is -2.34. The summed E-state index contributed by atoms with van der Waals surface area (Å²) in [4.78, 5) is 17.3. The molecule has 2 heterocycles. The third kappa shape index (κ3) is 2.96. The summed E-state index contributed by atoms with van der Waals surface area (Å²) in [6, 6.07) is 1.42. The smallest absolute Gasteiger partial charge is 0.337 e. The van der Waals surface area contributed by atoms with Crippen LogP contribution in [0.25, 0.3) is 0 Å². The van der Waals surface area contributed by atoms with Crippen LogP contribution < -0.4 is 10.6 Å². The molecule has 0 amide bonds. The zero-order valence-corrected chi connectivity index (χ0v) is 11.0. The van der Waals surface area contributed by atoms with Crippen LogP contribution in [0.3, 0.4) is 0 Å². The van der Waals surface area contributed by atoms with Gasteiger partial charge in [0, 0.05) is 25.9 Å². The maximum atomic E-state index is 11.1. The molecule has 1 aromatic rings. The highest BCUT2D eigenvalue weighted by Gasteiger charge is 2.24. The van der Waals surface area contributed by atoms with Gasteiger partial charge in [-0.25, -0.2) is 9.78 Å². The van der Waals surface area contributed by atoms with Gasteiger partial charge in [0.15, 0.2) is 5.82 Å². The topological polar surface area (TPSA) is 88.7 Å². The molecule has 1 fully saturated rings. The first-order chi connectivity index (χ1) is 9.13. The second-order valence-electron chi connectivity index (χ2n) is 4.57. The molecule has 1 saturated heterocycles. The molecule has 3 N–H and O–H groups in total. The molecule has 104 valence electrons. The van der Waals surface area contributed by atoms with E-state index in [9.17, 15) is 4.79 Å². The molecule has 6 nitrogen and oxygen atoms in total.